The average molecular weight is 356 g/mol. The molecule has 1 saturated heterocycles. The average Bonchev–Trinajstić information content (AvgIpc) is 2.85. The summed E-state index contributed by atoms with van der Waals surface area (Å²) in [5.41, 5.74) is 0.675. The summed E-state index contributed by atoms with van der Waals surface area (Å²) in [4.78, 5) is 16.8. The van der Waals surface area contributed by atoms with Crippen LogP contribution in [0.1, 0.15) is 16.9 Å². The van der Waals surface area contributed by atoms with Gasteiger partial charge in [-0.05, 0) is 41.6 Å². The van der Waals surface area contributed by atoms with Crippen molar-refractivity contribution >= 4 is 40.9 Å². The molecule has 1 fully saturated rings. The van der Waals surface area contributed by atoms with Gasteiger partial charge in [0.2, 0.25) is 0 Å². The number of nitrogens with zero attached hydrogens (tertiary/aromatic N) is 1. The fourth-order valence-corrected chi connectivity index (χ4v) is 2.28. The summed E-state index contributed by atoms with van der Waals surface area (Å²) in [5.74, 6) is 0.0756. The number of carbonyl (C=O) groups excluding carboxylic acids is 1. The number of aromatic amines is 1. The van der Waals surface area contributed by atoms with Crippen LogP contribution in [0.3, 0.4) is 0 Å². The molecule has 1 unspecified atom stereocenters. The predicted molar refractivity (Wildman–Crippen MR) is 74.1 cm³/mol. The zero-order chi connectivity index (χ0) is 10.8. The molecule has 16 heavy (non-hydrogen) atoms. The van der Waals surface area contributed by atoms with Gasteiger partial charge in [0.05, 0.1) is 0 Å². The van der Waals surface area contributed by atoms with Gasteiger partial charge in [0.15, 0.2) is 0 Å². The number of amides is 1. The minimum absolute atomic E-state index is 0. The number of carbonyl (C=O) groups is 1. The highest BCUT2D eigenvalue weighted by molar-refractivity contribution is 14.1. The second-order valence-electron chi connectivity index (χ2n) is 3.79. The molecule has 1 aromatic rings. The van der Waals surface area contributed by atoms with Crippen LogP contribution in [0.5, 0.6) is 0 Å². The quantitative estimate of drug-likeness (QED) is 0.790. The lowest BCUT2D eigenvalue weighted by Gasteiger charge is -2.23. The summed E-state index contributed by atoms with van der Waals surface area (Å²) in [7, 11) is 1.87. The Morgan fingerprint density at radius 1 is 1.62 bits per heavy atom. The Kier molecular flexibility index (Phi) is 5.07. The maximum Gasteiger partial charge on any atom is 0.270 e. The van der Waals surface area contributed by atoms with Crippen LogP contribution in [0.25, 0.3) is 0 Å². The number of H-pyrrole nitrogens is 1. The van der Waals surface area contributed by atoms with Gasteiger partial charge in [0.25, 0.3) is 5.91 Å². The van der Waals surface area contributed by atoms with Crippen LogP contribution in [0.4, 0.5) is 0 Å². The van der Waals surface area contributed by atoms with Crippen LogP contribution >= 0.6 is 35.0 Å². The van der Waals surface area contributed by atoms with Crippen LogP contribution < -0.4 is 5.32 Å². The predicted octanol–water partition coefficient (Wildman–Crippen LogP) is 1.47. The van der Waals surface area contributed by atoms with Crippen molar-refractivity contribution in [2.24, 2.45) is 0 Å². The normalized spacial score (nSPS) is 19.2. The lowest BCUT2D eigenvalue weighted by molar-refractivity contribution is 0.0738. The third kappa shape index (κ3) is 2.89. The van der Waals surface area contributed by atoms with Crippen LogP contribution in [0, 0.1) is 3.57 Å². The Labute approximate surface area is 115 Å². The zero-order valence-corrected chi connectivity index (χ0v) is 12.0. The first-order valence-electron chi connectivity index (χ1n) is 5.00. The van der Waals surface area contributed by atoms with E-state index in [9.17, 15) is 4.79 Å². The fourth-order valence-electron chi connectivity index (χ4n) is 1.82. The highest BCUT2D eigenvalue weighted by atomic mass is 127. The Hall–Kier alpha value is -0.270. The Morgan fingerprint density at radius 2 is 2.38 bits per heavy atom. The van der Waals surface area contributed by atoms with Crippen molar-refractivity contribution in [2.45, 2.75) is 12.5 Å². The molecule has 2 heterocycles. The lowest BCUT2D eigenvalue weighted by Crippen LogP contribution is -2.38. The number of rotatable bonds is 2. The molecule has 1 atom stereocenters. The number of nitrogens with one attached hydrogen (secondary N) is 2. The summed E-state index contributed by atoms with van der Waals surface area (Å²) in [6.07, 6.45) is 2.88. The van der Waals surface area contributed by atoms with Crippen molar-refractivity contribution in [3.8, 4) is 0 Å². The van der Waals surface area contributed by atoms with E-state index in [2.05, 4.69) is 32.9 Å². The number of aromatic nitrogens is 1. The zero-order valence-electron chi connectivity index (χ0n) is 9.00. The number of hydrogen-bond donors (Lipinski definition) is 2. The molecule has 0 bridgehead atoms. The SMILES string of the molecule is CN(C(=O)c1cc(I)c[nH]1)C1CCNC1.Cl. The summed E-state index contributed by atoms with van der Waals surface area (Å²) in [6, 6.07) is 2.21. The highest BCUT2D eigenvalue weighted by Gasteiger charge is 2.24. The number of hydrogen-bond acceptors (Lipinski definition) is 2. The third-order valence-corrected chi connectivity index (χ3v) is 3.40. The Morgan fingerprint density at radius 3 is 2.88 bits per heavy atom. The molecule has 0 aromatic carbocycles. The van der Waals surface area contributed by atoms with Crippen molar-refractivity contribution in [3.63, 3.8) is 0 Å². The molecule has 2 N–H and O–H groups in total. The number of likely N-dealkylation sites (N-methyl/N-ethyl adjacent to an activating group) is 1. The molecule has 1 aliphatic heterocycles. The third-order valence-electron chi connectivity index (χ3n) is 2.78. The first-order valence-corrected chi connectivity index (χ1v) is 6.08. The van der Waals surface area contributed by atoms with Gasteiger partial charge in [0, 0.05) is 29.4 Å². The van der Waals surface area contributed by atoms with Gasteiger partial charge in [-0.3, -0.25) is 4.79 Å². The first kappa shape index (κ1) is 13.8. The van der Waals surface area contributed by atoms with E-state index in [1.807, 2.05) is 24.2 Å². The summed E-state index contributed by atoms with van der Waals surface area (Å²) < 4.78 is 1.06. The second-order valence-corrected chi connectivity index (χ2v) is 5.04. The Balaban J connectivity index is 0.00000128. The van der Waals surface area contributed by atoms with Gasteiger partial charge in [-0.15, -0.1) is 12.4 Å². The maximum absolute atomic E-state index is 12.0. The molecular weight excluding hydrogens is 340 g/mol. The number of halogens is 2. The van der Waals surface area contributed by atoms with Gasteiger partial charge in [0.1, 0.15) is 5.69 Å². The minimum atomic E-state index is 0. The van der Waals surface area contributed by atoms with Gasteiger partial charge < -0.3 is 15.2 Å². The highest BCUT2D eigenvalue weighted by Crippen LogP contribution is 2.12. The van der Waals surface area contributed by atoms with Gasteiger partial charge in [-0.2, -0.15) is 0 Å². The van der Waals surface area contributed by atoms with Gasteiger partial charge in [-0.1, -0.05) is 0 Å². The molecule has 1 aliphatic rings. The second kappa shape index (κ2) is 5.88. The van der Waals surface area contributed by atoms with E-state index in [4.69, 9.17) is 0 Å². The summed E-state index contributed by atoms with van der Waals surface area (Å²) >= 11 is 2.19. The van der Waals surface area contributed by atoms with E-state index in [0.29, 0.717) is 11.7 Å². The topological polar surface area (TPSA) is 48.1 Å². The van der Waals surface area contributed by atoms with E-state index < -0.39 is 0 Å². The van der Waals surface area contributed by atoms with E-state index in [1.54, 1.807) is 0 Å². The summed E-state index contributed by atoms with van der Waals surface area (Å²) in [6.45, 7) is 1.91. The standard InChI is InChI=1S/C10H14IN3O.ClH/c1-14(8-2-3-12-6-8)10(15)9-4-7(11)5-13-9;/h4-5,8,12-13H,2-3,6H2,1H3;1H. The van der Waals surface area contributed by atoms with Crippen LogP contribution in [0.15, 0.2) is 12.3 Å². The molecule has 6 heteroatoms. The van der Waals surface area contributed by atoms with Crippen LogP contribution in [-0.2, 0) is 0 Å². The van der Waals surface area contributed by atoms with Crippen molar-refractivity contribution in [3.05, 3.63) is 21.5 Å². The van der Waals surface area contributed by atoms with E-state index in [1.165, 1.54) is 0 Å². The van der Waals surface area contributed by atoms with Crippen molar-refractivity contribution in [1.82, 2.24) is 15.2 Å². The van der Waals surface area contributed by atoms with Crippen molar-refractivity contribution in [1.29, 1.82) is 0 Å². The molecule has 90 valence electrons. The molecule has 1 aromatic heterocycles. The van der Waals surface area contributed by atoms with E-state index in [-0.39, 0.29) is 18.3 Å². The molecule has 4 nitrogen and oxygen atoms in total. The molecule has 2 rings (SSSR count). The fraction of sp³-hybridized carbons (Fsp3) is 0.500. The van der Waals surface area contributed by atoms with E-state index >= 15 is 0 Å². The molecular formula is C10H15ClIN3O. The van der Waals surface area contributed by atoms with Crippen molar-refractivity contribution in [2.75, 3.05) is 20.1 Å². The van der Waals surface area contributed by atoms with Gasteiger partial charge >= 0.3 is 0 Å². The molecule has 1 amide bonds. The smallest absolute Gasteiger partial charge is 0.270 e. The molecule has 0 radical (unpaired) electrons. The maximum atomic E-state index is 12.0. The largest absolute Gasteiger partial charge is 0.356 e. The van der Waals surface area contributed by atoms with E-state index in [0.717, 1.165) is 23.1 Å². The van der Waals surface area contributed by atoms with Crippen LogP contribution in [-0.4, -0.2) is 42.0 Å². The van der Waals surface area contributed by atoms with Gasteiger partial charge in [-0.25, -0.2) is 0 Å². The van der Waals surface area contributed by atoms with Crippen molar-refractivity contribution < 1.29 is 4.79 Å². The summed E-state index contributed by atoms with van der Waals surface area (Å²) in [5, 5.41) is 3.26. The monoisotopic (exact) mass is 355 g/mol. The minimum Gasteiger partial charge on any atom is -0.356 e. The first-order chi connectivity index (χ1) is 7.18. The molecule has 0 aliphatic carbocycles. The molecule has 0 spiro atoms. The van der Waals surface area contributed by atoms with Crippen LogP contribution in [0.2, 0.25) is 0 Å². The molecule has 0 saturated carbocycles. The Bertz CT molecular complexity index is 363. The lowest BCUT2D eigenvalue weighted by atomic mass is 10.2.